The van der Waals surface area contributed by atoms with Crippen molar-refractivity contribution in [3.63, 3.8) is 0 Å². The molecule has 0 N–H and O–H groups in total. The van der Waals surface area contributed by atoms with Crippen LogP contribution in [-0.4, -0.2) is 9.55 Å². The van der Waals surface area contributed by atoms with Crippen molar-refractivity contribution in [2.45, 2.75) is 13.1 Å². The molecular weight excluding hydrogens is 233 g/mol. The Morgan fingerprint density at radius 1 is 1.35 bits per heavy atom. The fourth-order valence-electron chi connectivity index (χ4n) is 1.90. The molecule has 0 saturated heterocycles. The molecule has 0 aliphatic rings. The van der Waals surface area contributed by atoms with Crippen molar-refractivity contribution in [1.82, 2.24) is 9.55 Å². The molecule has 0 aromatic carbocycles. The number of pyridine rings is 2. The number of halogens is 3. The summed E-state index contributed by atoms with van der Waals surface area (Å²) in [6.07, 6.45) is -3.17. The van der Waals surface area contributed by atoms with Gasteiger partial charge in [-0.05, 0) is 19.1 Å². The van der Waals surface area contributed by atoms with E-state index >= 15 is 0 Å². The molecule has 17 heavy (non-hydrogen) atoms. The first-order chi connectivity index (χ1) is 7.84. The third-order valence-electron chi connectivity index (χ3n) is 2.66. The molecule has 0 fully saturated rings. The number of fused-ring (bicyclic) bond motifs is 1. The van der Waals surface area contributed by atoms with E-state index < -0.39 is 17.3 Å². The summed E-state index contributed by atoms with van der Waals surface area (Å²) >= 11 is 0. The summed E-state index contributed by atoms with van der Waals surface area (Å²) in [6.45, 7) is 1.17. The zero-order chi connectivity index (χ0) is 12.8. The van der Waals surface area contributed by atoms with Gasteiger partial charge < -0.3 is 4.57 Å². The van der Waals surface area contributed by atoms with Gasteiger partial charge in [-0.3, -0.25) is 9.78 Å². The molecule has 2 heterocycles. The molecule has 0 atom stereocenters. The van der Waals surface area contributed by atoms with E-state index in [2.05, 4.69) is 4.98 Å². The van der Waals surface area contributed by atoms with E-state index in [0.29, 0.717) is 0 Å². The molecule has 0 unspecified atom stereocenters. The fraction of sp³-hybridized carbons (Fsp3) is 0.273. The van der Waals surface area contributed by atoms with Crippen LogP contribution in [0.2, 0.25) is 0 Å². The predicted molar refractivity (Wildman–Crippen MR) is 56.7 cm³/mol. The normalized spacial score (nSPS) is 12.1. The Morgan fingerprint density at radius 3 is 2.59 bits per heavy atom. The maximum absolute atomic E-state index is 12.8. The Hall–Kier alpha value is -1.85. The van der Waals surface area contributed by atoms with E-state index in [1.807, 2.05) is 0 Å². The molecule has 0 bridgehead atoms. The molecule has 0 amide bonds. The summed E-state index contributed by atoms with van der Waals surface area (Å²) in [7, 11) is 1.28. The predicted octanol–water partition coefficient (Wildman–Crippen LogP) is 2.26. The molecule has 0 saturated carbocycles. The summed E-state index contributed by atoms with van der Waals surface area (Å²) in [4.78, 5) is 15.6. The van der Waals surface area contributed by atoms with Crippen molar-refractivity contribution in [1.29, 1.82) is 0 Å². The zero-order valence-corrected chi connectivity index (χ0v) is 9.17. The number of nitrogens with zero attached hydrogens (tertiary/aromatic N) is 2. The Kier molecular flexibility index (Phi) is 2.45. The van der Waals surface area contributed by atoms with Gasteiger partial charge >= 0.3 is 6.18 Å². The number of aryl methyl sites for hydroxylation is 1. The van der Waals surface area contributed by atoms with Crippen LogP contribution in [0.3, 0.4) is 0 Å². The van der Waals surface area contributed by atoms with Gasteiger partial charge in [0.15, 0.2) is 0 Å². The SMILES string of the molecule is Cc1c(C(F)(F)F)n(C)c2cccnc2c1=O. The Bertz CT molecular complexity index is 643. The first-order valence-corrected chi connectivity index (χ1v) is 4.85. The second-order valence-corrected chi connectivity index (χ2v) is 3.73. The van der Waals surface area contributed by atoms with Crippen molar-refractivity contribution < 1.29 is 13.2 Å². The maximum atomic E-state index is 12.8. The van der Waals surface area contributed by atoms with Crippen LogP contribution in [0.4, 0.5) is 13.2 Å². The average molecular weight is 242 g/mol. The van der Waals surface area contributed by atoms with Gasteiger partial charge in [-0.25, -0.2) is 0 Å². The molecular formula is C11H9F3N2O. The smallest absolute Gasteiger partial charge is 0.338 e. The van der Waals surface area contributed by atoms with Gasteiger partial charge in [0.25, 0.3) is 0 Å². The van der Waals surface area contributed by atoms with Gasteiger partial charge in [-0.1, -0.05) is 0 Å². The Balaban J connectivity index is 3.03. The zero-order valence-electron chi connectivity index (χ0n) is 9.17. The highest BCUT2D eigenvalue weighted by Gasteiger charge is 2.36. The summed E-state index contributed by atoms with van der Waals surface area (Å²) in [6, 6.07) is 2.94. The van der Waals surface area contributed by atoms with Crippen LogP contribution in [0.15, 0.2) is 23.1 Å². The summed E-state index contributed by atoms with van der Waals surface area (Å²) < 4.78 is 39.5. The highest BCUT2D eigenvalue weighted by molar-refractivity contribution is 5.75. The van der Waals surface area contributed by atoms with Crippen molar-refractivity contribution in [3.05, 3.63) is 39.8 Å². The van der Waals surface area contributed by atoms with Crippen LogP contribution in [0.5, 0.6) is 0 Å². The first-order valence-electron chi connectivity index (χ1n) is 4.85. The van der Waals surface area contributed by atoms with Crippen LogP contribution < -0.4 is 5.43 Å². The van der Waals surface area contributed by atoms with E-state index in [9.17, 15) is 18.0 Å². The van der Waals surface area contributed by atoms with Crippen molar-refractivity contribution in [2.75, 3.05) is 0 Å². The summed E-state index contributed by atoms with van der Waals surface area (Å²) in [5.74, 6) is 0. The highest BCUT2D eigenvalue weighted by Crippen LogP contribution is 2.31. The molecule has 90 valence electrons. The molecule has 2 aromatic heterocycles. The van der Waals surface area contributed by atoms with Gasteiger partial charge in [-0.15, -0.1) is 0 Å². The van der Waals surface area contributed by atoms with E-state index in [4.69, 9.17) is 0 Å². The standard InChI is InChI=1S/C11H9F3N2O/c1-6-9(17)8-7(4-3-5-15-8)16(2)10(6)11(12,13)14/h3-5H,1-2H3. The van der Waals surface area contributed by atoms with E-state index in [-0.39, 0.29) is 16.6 Å². The largest absolute Gasteiger partial charge is 0.431 e. The van der Waals surface area contributed by atoms with Crippen LogP contribution in [0, 0.1) is 6.92 Å². The third-order valence-corrected chi connectivity index (χ3v) is 2.66. The molecule has 2 aromatic rings. The molecule has 6 heteroatoms. The van der Waals surface area contributed by atoms with Crippen LogP contribution in [0.1, 0.15) is 11.3 Å². The topological polar surface area (TPSA) is 34.9 Å². The number of alkyl halides is 3. The Morgan fingerprint density at radius 2 is 2.00 bits per heavy atom. The van der Waals surface area contributed by atoms with Crippen molar-refractivity contribution in [2.24, 2.45) is 7.05 Å². The van der Waals surface area contributed by atoms with Gasteiger partial charge in [-0.2, -0.15) is 13.2 Å². The van der Waals surface area contributed by atoms with Gasteiger partial charge in [0.05, 0.1) is 5.52 Å². The quantitative estimate of drug-likeness (QED) is 0.710. The van der Waals surface area contributed by atoms with Crippen molar-refractivity contribution >= 4 is 11.0 Å². The summed E-state index contributed by atoms with van der Waals surface area (Å²) in [5.41, 5.74) is -1.70. The van der Waals surface area contributed by atoms with Crippen LogP contribution in [-0.2, 0) is 13.2 Å². The van der Waals surface area contributed by atoms with Gasteiger partial charge in [0, 0.05) is 18.8 Å². The minimum Gasteiger partial charge on any atom is -0.338 e. The molecule has 0 aliphatic heterocycles. The molecule has 2 rings (SSSR count). The van der Waals surface area contributed by atoms with Crippen LogP contribution in [0.25, 0.3) is 11.0 Å². The monoisotopic (exact) mass is 242 g/mol. The minimum absolute atomic E-state index is 0.0560. The second-order valence-electron chi connectivity index (χ2n) is 3.73. The lowest BCUT2D eigenvalue weighted by Gasteiger charge is -2.16. The average Bonchev–Trinajstić information content (AvgIpc) is 2.24. The van der Waals surface area contributed by atoms with Gasteiger partial charge in [0.2, 0.25) is 5.43 Å². The number of aromatic nitrogens is 2. The molecule has 0 spiro atoms. The van der Waals surface area contributed by atoms with E-state index in [1.54, 1.807) is 0 Å². The lowest BCUT2D eigenvalue weighted by molar-refractivity contribution is -0.143. The second kappa shape index (κ2) is 3.58. The summed E-state index contributed by atoms with van der Waals surface area (Å²) in [5, 5.41) is 0. The van der Waals surface area contributed by atoms with Gasteiger partial charge in [0.1, 0.15) is 11.2 Å². The first kappa shape index (κ1) is 11.6. The number of hydrogen-bond donors (Lipinski definition) is 0. The van der Waals surface area contributed by atoms with Crippen molar-refractivity contribution in [3.8, 4) is 0 Å². The lowest BCUT2D eigenvalue weighted by atomic mass is 10.1. The third kappa shape index (κ3) is 1.69. The Labute approximate surface area is 94.5 Å². The van der Waals surface area contributed by atoms with Crippen LogP contribution >= 0.6 is 0 Å². The molecule has 0 aliphatic carbocycles. The molecule has 0 radical (unpaired) electrons. The maximum Gasteiger partial charge on any atom is 0.431 e. The number of hydrogen-bond acceptors (Lipinski definition) is 2. The van der Waals surface area contributed by atoms with E-state index in [1.165, 1.54) is 32.3 Å². The molecule has 3 nitrogen and oxygen atoms in total. The minimum atomic E-state index is -4.55. The lowest BCUT2D eigenvalue weighted by Crippen LogP contribution is -2.24. The highest BCUT2D eigenvalue weighted by atomic mass is 19.4. The van der Waals surface area contributed by atoms with E-state index in [0.717, 1.165) is 4.57 Å². The fourth-order valence-corrected chi connectivity index (χ4v) is 1.90. The number of rotatable bonds is 0.